The molecule has 1 unspecified atom stereocenters. The van der Waals surface area contributed by atoms with Gasteiger partial charge < -0.3 is 14.7 Å². The fourth-order valence-electron chi connectivity index (χ4n) is 3.14. The number of morpholine rings is 1. The van der Waals surface area contributed by atoms with Crippen LogP contribution in [0.3, 0.4) is 0 Å². The fraction of sp³-hybridized carbons (Fsp3) is 0.300. The summed E-state index contributed by atoms with van der Waals surface area (Å²) in [7, 11) is 0. The van der Waals surface area contributed by atoms with Crippen LogP contribution in [0.15, 0.2) is 36.9 Å². The maximum Gasteiger partial charge on any atom is 0.328 e. The number of anilines is 1. The van der Waals surface area contributed by atoms with Gasteiger partial charge in [0.2, 0.25) is 0 Å². The van der Waals surface area contributed by atoms with E-state index in [-0.39, 0.29) is 6.61 Å². The van der Waals surface area contributed by atoms with Crippen LogP contribution >= 0.6 is 0 Å². The number of carboxylic acid groups (broad SMARTS) is 1. The van der Waals surface area contributed by atoms with E-state index in [0.717, 1.165) is 16.3 Å². The van der Waals surface area contributed by atoms with Gasteiger partial charge in [0, 0.05) is 11.8 Å². The summed E-state index contributed by atoms with van der Waals surface area (Å²) in [6.07, 6.45) is 5.54. The van der Waals surface area contributed by atoms with Gasteiger partial charge in [0.15, 0.2) is 11.9 Å². The predicted octanol–water partition coefficient (Wildman–Crippen LogP) is 1.24. The molecule has 1 aliphatic rings. The lowest BCUT2D eigenvalue weighted by Crippen LogP contribution is -2.52. The molecule has 6 nitrogen and oxygen atoms in total. The van der Waals surface area contributed by atoms with Crippen molar-refractivity contribution in [3.8, 4) is 5.69 Å². The molecule has 1 saturated heterocycles. The minimum atomic E-state index is -0.916. The number of ether oxygens (including phenoxy) is 1. The van der Waals surface area contributed by atoms with E-state index in [1.54, 1.807) is 11.0 Å². The van der Waals surface area contributed by atoms with Crippen molar-refractivity contribution in [2.75, 3.05) is 24.7 Å². The summed E-state index contributed by atoms with van der Waals surface area (Å²) in [5.41, 5.74) is 2.09. The Hall–Kier alpha value is -2.86. The van der Waals surface area contributed by atoms with Crippen LogP contribution in [0, 0.1) is 6.92 Å². The van der Waals surface area contributed by atoms with Gasteiger partial charge in [-0.2, -0.15) is 0 Å². The minimum Gasteiger partial charge on any atom is -0.480 e. The summed E-state index contributed by atoms with van der Waals surface area (Å²) >= 11 is 0. The molecule has 0 amide bonds. The number of nitrogens with zero attached hydrogens (tertiary/aromatic N) is 3. The van der Waals surface area contributed by atoms with Crippen molar-refractivity contribution in [3.63, 3.8) is 0 Å². The van der Waals surface area contributed by atoms with Gasteiger partial charge in [-0.1, -0.05) is 36.4 Å². The topological polar surface area (TPSA) is 67.6 Å². The second kappa shape index (κ2) is 7.58. The Morgan fingerprint density at radius 2 is 2.12 bits per heavy atom. The number of aliphatic carboxylic acids is 1. The van der Waals surface area contributed by atoms with Gasteiger partial charge in [-0.15, -0.1) is 5.10 Å². The molecule has 1 N–H and O–H groups in total. The van der Waals surface area contributed by atoms with Crippen molar-refractivity contribution in [2.45, 2.75) is 19.9 Å². The van der Waals surface area contributed by atoms with Crippen LogP contribution in [0.25, 0.3) is 17.8 Å². The number of hydrogen-bond donors (Lipinski definition) is 1. The number of rotatable bonds is 4. The van der Waals surface area contributed by atoms with E-state index in [0.29, 0.717) is 19.0 Å². The van der Waals surface area contributed by atoms with E-state index < -0.39 is 12.0 Å². The highest BCUT2D eigenvalue weighted by atomic mass is 16.5. The molecule has 0 spiro atoms. The molecular weight excluding hydrogens is 330 g/mol. The van der Waals surface area contributed by atoms with Crippen LogP contribution in [-0.2, 0) is 9.53 Å². The summed E-state index contributed by atoms with van der Waals surface area (Å²) in [6.45, 7) is 8.87. The summed E-state index contributed by atoms with van der Waals surface area (Å²) in [4.78, 5) is 13.5. The average Bonchev–Trinajstić information content (AvgIpc) is 3.01. The van der Waals surface area contributed by atoms with Crippen molar-refractivity contribution in [1.82, 2.24) is 9.78 Å². The standard InChI is InChI=1S/C20H23N3O3/c1-4-6-16-17(5-2)23(15-9-7-14(3)8-10-15)21-19(16)22-11-12-26-13-18(22)20(24)25/h4-10,18H,1,11-13H2,2-3H3,(H,24,25)/b16-6+,17-5+. The molecule has 2 heterocycles. The van der Waals surface area contributed by atoms with Gasteiger partial charge in [0.05, 0.1) is 24.3 Å². The molecule has 1 aliphatic heterocycles. The lowest BCUT2D eigenvalue weighted by atomic mass is 10.2. The van der Waals surface area contributed by atoms with Crippen LogP contribution in [0.5, 0.6) is 0 Å². The normalized spacial score (nSPS) is 19.0. The van der Waals surface area contributed by atoms with Crippen molar-refractivity contribution >= 4 is 23.9 Å². The Bertz CT molecular complexity index is 928. The Morgan fingerprint density at radius 1 is 1.38 bits per heavy atom. The predicted molar refractivity (Wildman–Crippen MR) is 102 cm³/mol. The van der Waals surface area contributed by atoms with Crippen molar-refractivity contribution in [1.29, 1.82) is 0 Å². The number of carbonyl (C=O) groups is 1. The molecule has 1 fully saturated rings. The first-order chi connectivity index (χ1) is 12.6. The number of benzene rings is 1. The zero-order chi connectivity index (χ0) is 18.7. The van der Waals surface area contributed by atoms with Crippen LogP contribution in [0.1, 0.15) is 12.5 Å². The molecule has 0 radical (unpaired) electrons. The lowest BCUT2D eigenvalue weighted by molar-refractivity contribution is -0.141. The Kier molecular flexibility index (Phi) is 5.23. The number of hydrogen-bond acceptors (Lipinski definition) is 4. The highest BCUT2D eigenvalue weighted by Crippen LogP contribution is 2.15. The molecule has 1 aromatic heterocycles. The van der Waals surface area contributed by atoms with E-state index >= 15 is 0 Å². The maximum absolute atomic E-state index is 11.7. The molecule has 3 rings (SSSR count). The molecule has 1 atom stereocenters. The SMILES string of the molecule is C=C/C=c1/c(N2CCOCC2C(=O)O)nn(-c2ccc(C)cc2)/c1=C/C. The Morgan fingerprint density at radius 3 is 2.73 bits per heavy atom. The third-order valence-corrected chi connectivity index (χ3v) is 4.46. The number of allylic oxidation sites excluding steroid dienone is 1. The minimum absolute atomic E-state index is 0.144. The first-order valence-electron chi connectivity index (χ1n) is 8.59. The molecule has 6 heteroatoms. The largest absolute Gasteiger partial charge is 0.480 e. The number of aromatic nitrogens is 2. The second-order valence-electron chi connectivity index (χ2n) is 6.18. The zero-order valence-corrected chi connectivity index (χ0v) is 15.1. The molecular formula is C20H23N3O3. The molecule has 2 aromatic rings. The smallest absolute Gasteiger partial charge is 0.328 e. The van der Waals surface area contributed by atoms with E-state index in [1.165, 1.54) is 5.56 Å². The molecule has 136 valence electrons. The second-order valence-corrected chi connectivity index (χ2v) is 6.18. The van der Waals surface area contributed by atoms with Gasteiger partial charge in [0.1, 0.15) is 0 Å². The molecule has 0 bridgehead atoms. The molecule has 26 heavy (non-hydrogen) atoms. The monoisotopic (exact) mass is 353 g/mol. The van der Waals surface area contributed by atoms with Gasteiger partial charge in [-0.25, -0.2) is 9.48 Å². The summed E-state index contributed by atoms with van der Waals surface area (Å²) in [5, 5.41) is 16.1. The molecule has 0 saturated carbocycles. The number of aryl methyl sites for hydroxylation is 1. The fourth-order valence-corrected chi connectivity index (χ4v) is 3.14. The average molecular weight is 353 g/mol. The van der Waals surface area contributed by atoms with Gasteiger partial charge in [-0.05, 0) is 32.1 Å². The van der Waals surface area contributed by atoms with Gasteiger partial charge in [0.25, 0.3) is 0 Å². The quantitative estimate of drug-likeness (QED) is 0.896. The van der Waals surface area contributed by atoms with E-state index in [1.807, 2.05) is 54.9 Å². The first-order valence-corrected chi connectivity index (χ1v) is 8.59. The third-order valence-electron chi connectivity index (χ3n) is 4.46. The van der Waals surface area contributed by atoms with Crippen molar-refractivity contribution in [3.05, 3.63) is 53.1 Å². The Balaban J connectivity index is 2.22. The maximum atomic E-state index is 11.7. The molecule has 0 aliphatic carbocycles. The van der Waals surface area contributed by atoms with Crippen LogP contribution < -0.4 is 15.5 Å². The van der Waals surface area contributed by atoms with Crippen LogP contribution in [0.4, 0.5) is 5.82 Å². The van der Waals surface area contributed by atoms with E-state index in [4.69, 9.17) is 9.84 Å². The summed E-state index contributed by atoms with van der Waals surface area (Å²) < 4.78 is 7.21. The van der Waals surface area contributed by atoms with Crippen molar-refractivity contribution in [2.24, 2.45) is 0 Å². The zero-order valence-electron chi connectivity index (χ0n) is 15.1. The molecule has 1 aromatic carbocycles. The van der Waals surface area contributed by atoms with Gasteiger partial charge >= 0.3 is 5.97 Å². The highest BCUT2D eigenvalue weighted by Gasteiger charge is 2.31. The van der Waals surface area contributed by atoms with E-state index in [9.17, 15) is 9.90 Å². The highest BCUT2D eigenvalue weighted by molar-refractivity contribution is 5.78. The van der Waals surface area contributed by atoms with Gasteiger partial charge in [-0.3, -0.25) is 0 Å². The Labute approximate surface area is 152 Å². The lowest BCUT2D eigenvalue weighted by Gasteiger charge is -2.33. The third kappa shape index (κ3) is 3.28. The van der Waals surface area contributed by atoms with Crippen LogP contribution in [-0.4, -0.2) is 46.7 Å². The van der Waals surface area contributed by atoms with Crippen molar-refractivity contribution < 1.29 is 14.6 Å². The summed E-state index contributed by atoms with van der Waals surface area (Å²) in [5.74, 6) is -0.282. The first kappa shape index (κ1) is 17.9. The van der Waals surface area contributed by atoms with Crippen LogP contribution in [0.2, 0.25) is 0 Å². The van der Waals surface area contributed by atoms with E-state index in [2.05, 4.69) is 6.58 Å². The number of carboxylic acids is 1. The summed E-state index contributed by atoms with van der Waals surface area (Å²) in [6, 6.07) is 7.31.